The molecule has 3 heterocycles. The summed E-state index contributed by atoms with van der Waals surface area (Å²) in [7, 11) is 2.91. The van der Waals surface area contributed by atoms with Crippen LogP contribution in [0.4, 0.5) is 5.69 Å². The zero-order valence-electron chi connectivity index (χ0n) is 18.8. The highest BCUT2D eigenvalue weighted by Gasteiger charge is 2.26. The van der Waals surface area contributed by atoms with Crippen molar-refractivity contribution in [2.75, 3.05) is 5.32 Å². The van der Waals surface area contributed by atoms with Crippen molar-refractivity contribution in [2.45, 2.75) is 26.7 Å². The predicted octanol–water partition coefficient (Wildman–Crippen LogP) is 3.62. The Bertz CT molecular complexity index is 1530. The second-order valence-electron chi connectivity index (χ2n) is 8.04. The fourth-order valence-corrected chi connectivity index (χ4v) is 3.99. The topological polar surface area (TPSA) is 112 Å². The first-order valence-electron chi connectivity index (χ1n) is 10.2. The van der Waals surface area contributed by atoms with Crippen LogP contribution in [0.2, 0.25) is 5.02 Å². The summed E-state index contributed by atoms with van der Waals surface area (Å²) in [5.74, 6) is -0.285. The Morgan fingerprint density at radius 3 is 2.52 bits per heavy atom. The van der Waals surface area contributed by atoms with Gasteiger partial charge in [0, 0.05) is 25.9 Å². The lowest BCUT2D eigenvalue weighted by Gasteiger charge is -2.17. The number of benzene rings is 1. The lowest BCUT2D eigenvalue weighted by Crippen LogP contribution is -2.38. The fraction of sp³-hybridized carbons (Fsp3) is 0.261. The van der Waals surface area contributed by atoms with E-state index in [-0.39, 0.29) is 22.5 Å². The minimum Gasteiger partial charge on any atom is -0.360 e. The number of rotatable bonds is 4. The van der Waals surface area contributed by atoms with Crippen molar-refractivity contribution >= 4 is 34.2 Å². The van der Waals surface area contributed by atoms with Crippen molar-refractivity contribution in [1.82, 2.24) is 19.3 Å². The standard InChI is InChI=1S/C23H22ClN5O4/c1-11(2)14-10-25-20-17(22(31)29(5)23(32)28(20)4)18(14)26-21(30)16-12(3)33-27-19(16)13-8-6-7-9-15(13)24/h6-11H,1-5H3,(H,25,26,30). The molecule has 0 fully saturated rings. The van der Waals surface area contributed by atoms with Crippen LogP contribution in [-0.4, -0.2) is 25.2 Å². The number of aromatic nitrogens is 4. The summed E-state index contributed by atoms with van der Waals surface area (Å²) in [5.41, 5.74) is 1.10. The van der Waals surface area contributed by atoms with Gasteiger partial charge in [-0.05, 0) is 24.5 Å². The summed E-state index contributed by atoms with van der Waals surface area (Å²) in [6.45, 7) is 5.47. The average molecular weight is 468 g/mol. The summed E-state index contributed by atoms with van der Waals surface area (Å²) < 4.78 is 7.58. The Morgan fingerprint density at radius 2 is 1.85 bits per heavy atom. The highest BCUT2D eigenvalue weighted by atomic mass is 35.5. The molecule has 170 valence electrons. The van der Waals surface area contributed by atoms with Gasteiger partial charge in [-0.15, -0.1) is 0 Å². The Balaban J connectivity index is 1.94. The van der Waals surface area contributed by atoms with E-state index in [2.05, 4.69) is 15.5 Å². The number of amides is 1. The molecular formula is C23H22ClN5O4. The van der Waals surface area contributed by atoms with Gasteiger partial charge in [0.1, 0.15) is 22.4 Å². The third-order valence-electron chi connectivity index (χ3n) is 5.58. The van der Waals surface area contributed by atoms with Gasteiger partial charge >= 0.3 is 5.69 Å². The predicted molar refractivity (Wildman–Crippen MR) is 126 cm³/mol. The lowest BCUT2D eigenvalue weighted by molar-refractivity contribution is 0.102. The van der Waals surface area contributed by atoms with Crippen LogP contribution in [0.25, 0.3) is 22.3 Å². The highest BCUT2D eigenvalue weighted by Crippen LogP contribution is 2.33. The third kappa shape index (κ3) is 3.64. The number of carbonyl (C=O) groups excluding carboxylic acids is 1. The molecule has 0 atom stereocenters. The number of anilines is 1. The van der Waals surface area contributed by atoms with Crippen molar-refractivity contribution in [3.8, 4) is 11.3 Å². The Morgan fingerprint density at radius 1 is 1.15 bits per heavy atom. The van der Waals surface area contributed by atoms with E-state index in [0.29, 0.717) is 33.3 Å². The molecule has 0 unspecified atom stereocenters. The molecule has 1 aromatic carbocycles. The molecule has 0 aliphatic heterocycles. The van der Waals surface area contributed by atoms with Gasteiger partial charge in [0.05, 0.1) is 10.7 Å². The molecule has 0 aliphatic carbocycles. The first-order valence-corrected chi connectivity index (χ1v) is 10.6. The van der Waals surface area contributed by atoms with Gasteiger partial charge < -0.3 is 9.84 Å². The van der Waals surface area contributed by atoms with Crippen LogP contribution in [0.15, 0.2) is 44.6 Å². The van der Waals surface area contributed by atoms with Crippen molar-refractivity contribution in [3.63, 3.8) is 0 Å². The minimum atomic E-state index is -0.549. The largest absolute Gasteiger partial charge is 0.360 e. The maximum Gasteiger partial charge on any atom is 0.332 e. The number of aryl methyl sites for hydroxylation is 2. The summed E-state index contributed by atoms with van der Waals surface area (Å²) in [5, 5.41) is 7.48. The number of pyridine rings is 1. The maximum atomic E-state index is 13.5. The fourth-order valence-electron chi connectivity index (χ4n) is 3.77. The molecule has 9 nitrogen and oxygen atoms in total. The van der Waals surface area contributed by atoms with Gasteiger partial charge in [0.15, 0.2) is 5.65 Å². The lowest BCUT2D eigenvalue weighted by atomic mass is 10.0. The number of nitrogens with zero attached hydrogens (tertiary/aromatic N) is 4. The van der Waals surface area contributed by atoms with Gasteiger partial charge in [-0.25, -0.2) is 9.78 Å². The van der Waals surface area contributed by atoms with Gasteiger partial charge in [-0.2, -0.15) is 0 Å². The number of nitrogens with one attached hydrogen (secondary N) is 1. The van der Waals surface area contributed by atoms with E-state index >= 15 is 0 Å². The van der Waals surface area contributed by atoms with Crippen molar-refractivity contribution in [2.24, 2.45) is 14.1 Å². The SMILES string of the molecule is Cc1onc(-c2ccccc2Cl)c1C(=O)Nc1c(C(C)C)cnc2c1c(=O)n(C)c(=O)n2C. The monoisotopic (exact) mass is 467 g/mol. The van der Waals surface area contributed by atoms with E-state index in [0.717, 1.165) is 4.57 Å². The van der Waals surface area contributed by atoms with Crippen LogP contribution in [0.3, 0.4) is 0 Å². The van der Waals surface area contributed by atoms with E-state index in [1.807, 2.05) is 13.8 Å². The molecule has 1 amide bonds. The zero-order valence-corrected chi connectivity index (χ0v) is 19.5. The molecule has 0 radical (unpaired) electrons. The molecule has 0 saturated carbocycles. The van der Waals surface area contributed by atoms with Gasteiger partial charge in [-0.3, -0.25) is 18.7 Å². The summed E-state index contributed by atoms with van der Waals surface area (Å²) in [4.78, 5) is 43.3. The van der Waals surface area contributed by atoms with Crippen LogP contribution in [-0.2, 0) is 14.1 Å². The van der Waals surface area contributed by atoms with Gasteiger partial charge in [0.25, 0.3) is 11.5 Å². The van der Waals surface area contributed by atoms with Crippen LogP contribution in [0.5, 0.6) is 0 Å². The Hall–Kier alpha value is -3.72. The van der Waals surface area contributed by atoms with Crippen molar-refractivity contribution in [1.29, 1.82) is 0 Å². The summed E-state index contributed by atoms with van der Waals surface area (Å²) >= 11 is 6.32. The van der Waals surface area contributed by atoms with Crippen LogP contribution < -0.4 is 16.6 Å². The average Bonchev–Trinajstić information content (AvgIpc) is 3.17. The Kier molecular flexibility index (Phi) is 5.67. The molecule has 4 rings (SSSR count). The van der Waals surface area contributed by atoms with Crippen LogP contribution in [0.1, 0.15) is 41.4 Å². The van der Waals surface area contributed by atoms with E-state index in [1.54, 1.807) is 37.4 Å². The molecule has 3 aromatic heterocycles. The number of carbonyl (C=O) groups is 1. The summed E-state index contributed by atoms with van der Waals surface area (Å²) in [6, 6.07) is 6.99. The molecule has 0 bridgehead atoms. The molecular weight excluding hydrogens is 446 g/mol. The number of hydrogen-bond donors (Lipinski definition) is 1. The minimum absolute atomic E-state index is 0.0641. The van der Waals surface area contributed by atoms with Crippen LogP contribution >= 0.6 is 11.6 Å². The Labute approximate surface area is 193 Å². The van der Waals surface area contributed by atoms with E-state index in [1.165, 1.54) is 18.7 Å². The first-order chi connectivity index (χ1) is 15.6. The number of halogens is 1. The van der Waals surface area contributed by atoms with Crippen molar-refractivity contribution < 1.29 is 9.32 Å². The highest BCUT2D eigenvalue weighted by molar-refractivity contribution is 6.33. The smallest absolute Gasteiger partial charge is 0.332 e. The third-order valence-corrected chi connectivity index (χ3v) is 5.91. The van der Waals surface area contributed by atoms with Crippen LogP contribution in [0, 0.1) is 6.92 Å². The zero-order chi connectivity index (χ0) is 24.0. The number of hydrogen-bond acceptors (Lipinski definition) is 6. The normalized spacial score (nSPS) is 11.4. The molecule has 4 aromatic rings. The second kappa shape index (κ2) is 8.32. The molecule has 33 heavy (non-hydrogen) atoms. The number of fused-ring (bicyclic) bond motifs is 1. The molecule has 0 spiro atoms. The molecule has 10 heteroatoms. The van der Waals surface area contributed by atoms with E-state index in [9.17, 15) is 14.4 Å². The second-order valence-corrected chi connectivity index (χ2v) is 8.45. The first kappa shape index (κ1) is 22.5. The summed E-state index contributed by atoms with van der Waals surface area (Å²) in [6.07, 6.45) is 1.57. The van der Waals surface area contributed by atoms with Crippen molar-refractivity contribution in [3.05, 3.63) is 73.2 Å². The van der Waals surface area contributed by atoms with E-state index < -0.39 is 17.2 Å². The van der Waals surface area contributed by atoms with Gasteiger partial charge in [0.2, 0.25) is 0 Å². The molecule has 0 aliphatic rings. The maximum absolute atomic E-state index is 13.5. The molecule has 1 N–H and O–H groups in total. The van der Waals surface area contributed by atoms with E-state index in [4.69, 9.17) is 16.1 Å². The molecule has 0 saturated heterocycles. The quantitative estimate of drug-likeness (QED) is 0.490. The van der Waals surface area contributed by atoms with Gasteiger partial charge in [-0.1, -0.05) is 48.8 Å².